The summed E-state index contributed by atoms with van der Waals surface area (Å²) in [6.45, 7) is 18.1. The molecule has 12 atom stereocenters. The van der Waals surface area contributed by atoms with Crippen LogP contribution in [0, 0.1) is 29.6 Å². The second kappa shape index (κ2) is 29.1. The lowest BCUT2D eigenvalue weighted by Crippen LogP contribution is -2.62. The topological polar surface area (TPSA) is 285 Å². The summed E-state index contributed by atoms with van der Waals surface area (Å²) >= 11 is 0. The number of hydrogen-bond donors (Lipinski definition) is 4. The van der Waals surface area contributed by atoms with Crippen molar-refractivity contribution in [2.75, 3.05) is 34.3 Å². The van der Waals surface area contributed by atoms with E-state index in [0.29, 0.717) is 30.6 Å². The molecule has 4 N–H and O–H groups in total. The number of fused-ring (bicyclic) bond motifs is 1. The molecule has 0 spiro atoms. The molecule has 22 nitrogen and oxygen atoms in total. The molecule has 2 unspecified atom stereocenters. The number of likely N-dealkylation sites (N-methyl/N-ethyl adjacent to an activating group) is 2. The Balaban J connectivity index is 1.89. The molecule has 3 aliphatic rings. The number of Topliss-reactive ketones (excluding diaryl/α,β-unsaturated/α-hetero) is 2. The number of aliphatic hydroxyl groups excluding tert-OH is 1. The van der Waals surface area contributed by atoms with Crippen molar-refractivity contribution in [3.05, 3.63) is 29.8 Å². The van der Waals surface area contributed by atoms with E-state index in [1.165, 1.54) is 54.7 Å². The Labute approximate surface area is 465 Å². The maximum atomic E-state index is 15.0. The number of methoxy groups -OCH3 is 1. The fourth-order valence-electron chi connectivity index (χ4n) is 10.5. The van der Waals surface area contributed by atoms with Gasteiger partial charge >= 0.3 is 11.9 Å². The van der Waals surface area contributed by atoms with Crippen LogP contribution in [0.2, 0.25) is 0 Å². The molecule has 3 heterocycles. The van der Waals surface area contributed by atoms with Gasteiger partial charge in [0.1, 0.15) is 48.1 Å². The van der Waals surface area contributed by atoms with Gasteiger partial charge in [-0.3, -0.25) is 47.9 Å². The van der Waals surface area contributed by atoms with E-state index in [4.69, 9.17) is 14.2 Å². The van der Waals surface area contributed by atoms with Crippen LogP contribution < -0.4 is 20.7 Å². The zero-order valence-corrected chi connectivity index (χ0v) is 48.7. The van der Waals surface area contributed by atoms with E-state index < -0.39 is 150 Å². The number of carbonyl (C=O) groups is 11. The molecule has 0 bridgehead atoms. The zero-order valence-electron chi connectivity index (χ0n) is 48.7. The predicted molar refractivity (Wildman–Crippen MR) is 289 cm³/mol. The summed E-state index contributed by atoms with van der Waals surface area (Å²) in [5, 5.41) is 20.1. The van der Waals surface area contributed by atoms with Crippen molar-refractivity contribution < 1.29 is 72.1 Å². The Bertz CT molecular complexity index is 2380. The van der Waals surface area contributed by atoms with Gasteiger partial charge in [0.25, 0.3) is 5.91 Å². The van der Waals surface area contributed by atoms with Gasteiger partial charge in [0.2, 0.25) is 41.2 Å². The summed E-state index contributed by atoms with van der Waals surface area (Å²) in [6, 6.07) is -2.32. The molecule has 4 rings (SSSR count). The normalized spacial score (nSPS) is 27.2. The van der Waals surface area contributed by atoms with Gasteiger partial charge in [0.05, 0.1) is 31.6 Å². The van der Waals surface area contributed by atoms with E-state index in [1.54, 1.807) is 52.0 Å². The molecular weight excluding hydrogens is 1020 g/mol. The number of nitrogens with one attached hydrogen (secondary N) is 3. The number of benzene rings is 1. The Morgan fingerprint density at radius 3 is 2.06 bits per heavy atom. The number of aliphatic hydroxyl groups is 1. The molecule has 22 heteroatoms. The average Bonchev–Trinajstić information content (AvgIpc) is 4.13. The van der Waals surface area contributed by atoms with Crippen molar-refractivity contribution in [2.24, 2.45) is 29.6 Å². The summed E-state index contributed by atoms with van der Waals surface area (Å²) in [5.41, 5.74) is 0.566. The van der Waals surface area contributed by atoms with Crippen molar-refractivity contribution >= 4 is 64.9 Å². The zero-order chi connectivity index (χ0) is 59.3. The molecule has 3 fully saturated rings. The van der Waals surface area contributed by atoms with E-state index in [2.05, 4.69) is 16.0 Å². The Hall–Kier alpha value is -6.45. The molecular formula is C57H87N7O15. The van der Waals surface area contributed by atoms with Crippen LogP contribution >= 0.6 is 0 Å². The van der Waals surface area contributed by atoms with Gasteiger partial charge in [-0.15, -0.1) is 0 Å². The minimum atomic E-state index is -1.78. The lowest BCUT2D eigenvalue weighted by molar-refractivity contribution is -0.163. The monoisotopic (exact) mass is 1110 g/mol. The number of esters is 2. The molecule has 440 valence electrons. The maximum absolute atomic E-state index is 15.0. The second-order valence-corrected chi connectivity index (χ2v) is 22.8. The van der Waals surface area contributed by atoms with Crippen molar-refractivity contribution in [1.82, 2.24) is 35.6 Å². The van der Waals surface area contributed by atoms with Gasteiger partial charge in [0.15, 0.2) is 11.9 Å². The molecule has 3 aliphatic heterocycles. The van der Waals surface area contributed by atoms with Crippen LogP contribution in [0.25, 0.3) is 0 Å². The molecule has 79 heavy (non-hydrogen) atoms. The summed E-state index contributed by atoms with van der Waals surface area (Å²) in [5.74, 6) is -11.3. The first-order valence-electron chi connectivity index (χ1n) is 27.9. The van der Waals surface area contributed by atoms with E-state index in [-0.39, 0.29) is 57.0 Å². The number of ether oxygens (including phenoxy) is 3. The highest BCUT2D eigenvalue weighted by atomic mass is 16.6. The minimum absolute atomic E-state index is 0.0545. The summed E-state index contributed by atoms with van der Waals surface area (Å²) in [4.78, 5) is 160. The van der Waals surface area contributed by atoms with Gasteiger partial charge < -0.3 is 54.9 Å². The number of nitrogens with zero attached hydrogens (tertiary/aromatic N) is 4. The van der Waals surface area contributed by atoms with Crippen molar-refractivity contribution in [3.63, 3.8) is 0 Å². The second-order valence-electron chi connectivity index (χ2n) is 22.8. The van der Waals surface area contributed by atoms with Gasteiger partial charge in [-0.2, -0.15) is 0 Å². The number of likely N-dealkylation sites (tertiary alicyclic amines) is 1. The third kappa shape index (κ3) is 16.8. The van der Waals surface area contributed by atoms with Crippen LogP contribution in [0.1, 0.15) is 133 Å². The quantitative estimate of drug-likeness (QED) is 0.112. The first-order valence-corrected chi connectivity index (χ1v) is 27.9. The highest BCUT2D eigenvalue weighted by molar-refractivity contribution is 6.35. The Morgan fingerprint density at radius 2 is 1.49 bits per heavy atom. The maximum Gasteiger partial charge on any atom is 0.329 e. The molecule has 0 aromatic heterocycles. The fourth-order valence-corrected chi connectivity index (χ4v) is 10.5. The number of ketones is 2. The van der Waals surface area contributed by atoms with Crippen LogP contribution in [0.4, 0.5) is 0 Å². The summed E-state index contributed by atoms with van der Waals surface area (Å²) < 4.78 is 17.2. The van der Waals surface area contributed by atoms with Crippen molar-refractivity contribution in [1.29, 1.82) is 0 Å². The molecule has 1 aromatic rings. The Morgan fingerprint density at radius 1 is 0.861 bits per heavy atom. The first-order chi connectivity index (χ1) is 37.0. The van der Waals surface area contributed by atoms with E-state index in [1.807, 2.05) is 27.7 Å². The number of hydrogen-bond acceptors (Lipinski definition) is 15. The first kappa shape index (κ1) is 65.1. The predicted octanol–water partition coefficient (Wildman–Crippen LogP) is 2.52. The number of carbonyl (C=O) groups excluding carboxylic acids is 11. The molecule has 0 aliphatic carbocycles. The van der Waals surface area contributed by atoms with E-state index >= 15 is 0 Å². The third-order valence-electron chi connectivity index (χ3n) is 15.4. The third-order valence-corrected chi connectivity index (χ3v) is 15.4. The molecule has 0 saturated carbocycles. The number of cyclic esters (lactones) is 2. The van der Waals surface area contributed by atoms with Crippen LogP contribution in [0.5, 0.6) is 5.75 Å². The van der Waals surface area contributed by atoms with Crippen molar-refractivity contribution in [2.45, 2.75) is 195 Å². The van der Waals surface area contributed by atoms with E-state index in [9.17, 15) is 57.8 Å². The van der Waals surface area contributed by atoms with Crippen LogP contribution in [-0.4, -0.2) is 184 Å². The molecule has 1 aromatic carbocycles. The fraction of sp³-hybridized carbons (Fsp3) is 0.702. The minimum Gasteiger partial charge on any atom is -0.497 e. The summed E-state index contributed by atoms with van der Waals surface area (Å²) in [6.07, 6.45) is -3.76. The lowest BCUT2D eigenvalue weighted by Gasteiger charge is -2.36. The van der Waals surface area contributed by atoms with Crippen LogP contribution in [0.15, 0.2) is 24.3 Å². The largest absolute Gasteiger partial charge is 0.497 e. The number of rotatable bonds is 15. The number of amides is 7. The molecule has 7 amide bonds. The van der Waals surface area contributed by atoms with Crippen molar-refractivity contribution in [3.8, 4) is 5.75 Å². The highest BCUT2D eigenvalue weighted by Crippen LogP contribution is 2.27. The molecule has 3 saturated heterocycles. The molecule has 0 radical (unpaired) electrons. The van der Waals surface area contributed by atoms with Gasteiger partial charge in [-0.1, -0.05) is 73.9 Å². The Kier molecular flexibility index (Phi) is 24.0. The SMILES string of the molecule is CC[C@H](C)[C@H]1NC(=O)[C@@H](NC(=O)[C@@H](CC(C)C)N(C)C(=O)C2CCCN2C(=O)C(C)=O)[C@@H](C)OC(=O)[C@H](Cc2ccc(OC)cc2)N(C)C(=O)[C@@H]2CCCN2C(=O)C(CC(C)C)NC(=O)[C@@H](C)C(=O)[C@H](C(C)C)OC(=O)C[C@@H]1O. The smallest absolute Gasteiger partial charge is 0.329 e. The summed E-state index contributed by atoms with van der Waals surface area (Å²) in [7, 11) is 4.26. The van der Waals surface area contributed by atoms with Gasteiger partial charge in [-0.05, 0) is 93.7 Å². The van der Waals surface area contributed by atoms with Gasteiger partial charge in [-0.25, -0.2) is 4.79 Å². The lowest BCUT2D eigenvalue weighted by atomic mass is 9.91. The van der Waals surface area contributed by atoms with Gasteiger partial charge in [0, 0.05) is 40.5 Å². The van der Waals surface area contributed by atoms with E-state index in [0.717, 1.165) is 6.92 Å². The average molecular weight is 1110 g/mol. The van der Waals surface area contributed by atoms with Crippen LogP contribution in [-0.2, 0) is 68.6 Å². The standard InChI is InChI=1S/C57H87N7O15/c1-15-33(8)46-44(66)29-45(67)79-49(32(6)7)48(68)34(9)50(69)58-39(26-30(2)3)54(73)64-25-17-19-41(64)56(75)62(13)43(28-37-20-22-38(77-14)23-21-37)57(76)78-36(11)47(52(71)59-46)60-51(70)42(27-31(4)5)61(12)55(74)40-18-16-24-63(40)53(72)35(10)65/h20-23,30-34,36,39-44,46-47,49,66H,15-19,24-29H2,1-14H3,(H,58,69)(H,59,71)(H,60,70)/t33-,34-,36+,39?,40?,41-,42+,43-,44-,46+,47-,49-/m0/s1. The van der Waals surface area contributed by atoms with Crippen LogP contribution in [0.3, 0.4) is 0 Å². The highest BCUT2D eigenvalue weighted by Gasteiger charge is 2.46.